The van der Waals surface area contributed by atoms with Crippen LogP contribution in [0.15, 0.2) is 41.8 Å². The van der Waals surface area contributed by atoms with Crippen molar-refractivity contribution in [3.63, 3.8) is 0 Å². The zero-order chi connectivity index (χ0) is 20.2. The van der Waals surface area contributed by atoms with Gasteiger partial charge in [0.05, 0.1) is 6.54 Å². The van der Waals surface area contributed by atoms with Gasteiger partial charge >= 0.3 is 0 Å². The van der Waals surface area contributed by atoms with Gasteiger partial charge in [0.15, 0.2) is 0 Å². The minimum absolute atomic E-state index is 0.0672. The van der Waals surface area contributed by atoms with Gasteiger partial charge in [0.2, 0.25) is 5.91 Å². The highest BCUT2D eigenvalue weighted by atomic mass is 32.1. The van der Waals surface area contributed by atoms with Gasteiger partial charge < -0.3 is 9.88 Å². The zero-order valence-electron chi connectivity index (χ0n) is 16.8. The molecule has 1 N–H and O–H groups in total. The van der Waals surface area contributed by atoms with Gasteiger partial charge in [0.25, 0.3) is 5.91 Å². The first-order chi connectivity index (χ1) is 14.0. The number of carbonyl (C=O) groups excluding carboxylic acids is 2. The molecule has 1 aliphatic carbocycles. The van der Waals surface area contributed by atoms with Crippen LogP contribution in [0.2, 0.25) is 0 Å². The Hall–Kier alpha value is -2.60. The third-order valence-electron chi connectivity index (χ3n) is 6.36. The van der Waals surface area contributed by atoms with Gasteiger partial charge in [-0.3, -0.25) is 14.5 Å². The Bertz CT molecular complexity index is 1090. The molecule has 0 radical (unpaired) electrons. The van der Waals surface area contributed by atoms with Crippen molar-refractivity contribution >= 4 is 39.1 Å². The van der Waals surface area contributed by atoms with E-state index in [2.05, 4.69) is 5.32 Å². The first-order valence-corrected chi connectivity index (χ1v) is 11.1. The Labute approximate surface area is 174 Å². The summed E-state index contributed by atoms with van der Waals surface area (Å²) in [7, 11) is 0. The number of hydrogen-bond donors (Lipinski definition) is 1. The molecule has 3 heterocycles. The summed E-state index contributed by atoms with van der Waals surface area (Å²) in [6.07, 6.45) is 4.34. The Morgan fingerprint density at radius 3 is 2.62 bits per heavy atom. The lowest BCUT2D eigenvalue weighted by molar-refractivity contribution is -0.127. The normalized spacial score (nSPS) is 22.3. The maximum atomic E-state index is 13.7. The highest BCUT2D eigenvalue weighted by molar-refractivity contribution is 7.16. The van der Waals surface area contributed by atoms with Crippen LogP contribution in [0.25, 0.3) is 10.2 Å². The van der Waals surface area contributed by atoms with Crippen molar-refractivity contribution in [3.05, 3.63) is 53.0 Å². The standard InChI is InChI=1S/C23H25N3O2S/c1-15-7-9-18(10-8-15)26-20(27)19-13-16-11-12-29-21(16)25(19)14-23(26,2)22(28)24-17-5-3-4-6-17/h7-13,17H,3-6,14H2,1-2H3,(H,24,28)/t23-/m0/s1. The third-order valence-corrected chi connectivity index (χ3v) is 7.31. The van der Waals surface area contributed by atoms with Crippen molar-refractivity contribution in [2.24, 2.45) is 0 Å². The summed E-state index contributed by atoms with van der Waals surface area (Å²) in [5.41, 5.74) is 1.55. The van der Waals surface area contributed by atoms with Crippen LogP contribution in [0.1, 0.15) is 48.7 Å². The number of nitrogens with one attached hydrogen (secondary N) is 1. The van der Waals surface area contributed by atoms with Crippen LogP contribution in [-0.4, -0.2) is 28.0 Å². The maximum Gasteiger partial charge on any atom is 0.275 e. The van der Waals surface area contributed by atoms with Crippen LogP contribution in [0.4, 0.5) is 5.69 Å². The van der Waals surface area contributed by atoms with Gasteiger partial charge in [0.1, 0.15) is 16.1 Å². The van der Waals surface area contributed by atoms with Gasteiger partial charge in [-0.2, -0.15) is 0 Å². The van der Waals surface area contributed by atoms with Crippen molar-refractivity contribution in [3.8, 4) is 0 Å². The van der Waals surface area contributed by atoms with E-state index in [1.165, 1.54) is 0 Å². The maximum absolute atomic E-state index is 13.7. The van der Waals surface area contributed by atoms with E-state index in [4.69, 9.17) is 0 Å². The van der Waals surface area contributed by atoms with Crippen molar-refractivity contribution < 1.29 is 9.59 Å². The molecule has 150 valence electrons. The van der Waals surface area contributed by atoms with Crippen LogP contribution < -0.4 is 10.2 Å². The molecule has 29 heavy (non-hydrogen) atoms. The van der Waals surface area contributed by atoms with Gasteiger partial charge in [-0.05, 0) is 56.3 Å². The minimum atomic E-state index is -0.988. The molecule has 1 atom stereocenters. The highest BCUT2D eigenvalue weighted by Crippen LogP contribution is 2.37. The van der Waals surface area contributed by atoms with Crippen molar-refractivity contribution in [2.45, 2.75) is 57.7 Å². The van der Waals surface area contributed by atoms with E-state index in [0.29, 0.717) is 12.2 Å². The van der Waals surface area contributed by atoms with E-state index in [9.17, 15) is 9.59 Å². The predicted molar refractivity (Wildman–Crippen MR) is 117 cm³/mol. The molecule has 5 nitrogen and oxygen atoms in total. The third kappa shape index (κ3) is 2.89. The van der Waals surface area contributed by atoms with Crippen LogP contribution in [-0.2, 0) is 11.3 Å². The van der Waals surface area contributed by atoms with E-state index in [1.807, 2.05) is 60.2 Å². The summed E-state index contributed by atoms with van der Waals surface area (Å²) in [5.74, 6) is -0.185. The van der Waals surface area contributed by atoms with E-state index in [-0.39, 0.29) is 17.9 Å². The average molecular weight is 408 g/mol. The monoisotopic (exact) mass is 407 g/mol. The molecular formula is C23H25N3O2S. The second-order valence-electron chi connectivity index (χ2n) is 8.50. The van der Waals surface area contributed by atoms with Crippen LogP contribution in [0, 0.1) is 6.92 Å². The minimum Gasteiger partial charge on any atom is -0.351 e. The fourth-order valence-electron chi connectivity index (χ4n) is 4.71. The van der Waals surface area contributed by atoms with Gasteiger partial charge in [0, 0.05) is 17.1 Å². The Morgan fingerprint density at radius 2 is 1.90 bits per heavy atom. The number of amides is 2. The second-order valence-corrected chi connectivity index (χ2v) is 9.40. The van der Waals surface area contributed by atoms with Crippen molar-refractivity contribution in [2.75, 3.05) is 4.90 Å². The fraction of sp³-hybridized carbons (Fsp3) is 0.391. The average Bonchev–Trinajstić information content (AvgIpc) is 3.42. The van der Waals surface area contributed by atoms with Gasteiger partial charge in [-0.1, -0.05) is 30.5 Å². The summed E-state index contributed by atoms with van der Waals surface area (Å²) in [5, 5.41) is 6.33. The molecule has 1 aliphatic heterocycles. The highest BCUT2D eigenvalue weighted by Gasteiger charge is 2.49. The molecular weight excluding hydrogens is 382 g/mol. The number of aromatic nitrogens is 1. The quantitative estimate of drug-likeness (QED) is 0.696. The molecule has 3 aromatic rings. The molecule has 1 fully saturated rings. The fourth-order valence-corrected chi connectivity index (χ4v) is 5.60. The van der Waals surface area contributed by atoms with Crippen molar-refractivity contribution in [1.29, 1.82) is 0 Å². The summed E-state index contributed by atoms with van der Waals surface area (Å²) < 4.78 is 2.03. The summed E-state index contributed by atoms with van der Waals surface area (Å²) in [4.78, 5) is 30.0. The van der Waals surface area contributed by atoms with Crippen LogP contribution in [0.5, 0.6) is 0 Å². The number of anilines is 1. The largest absolute Gasteiger partial charge is 0.351 e. The number of hydrogen-bond acceptors (Lipinski definition) is 3. The Kier molecular flexibility index (Phi) is 4.28. The SMILES string of the molecule is Cc1ccc(N2C(=O)c3cc4ccsc4n3C[C@@]2(C)C(=O)NC2CCCC2)cc1. The number of benzene rings is 1. The van der Waals surface area contributed by atoms with E-state index < -0.39 is 5.54 Å². The molecule has 2 aliphatic rings. The first kappa shape index (κ1) is 18.4. The zero-order valence-corrected chi connectivity index (χ0v) is 17.6. The lowest BCUT2D eigenvalue weighted by Gasteiger charge is -2.44. The van der Waals surface area contributed by atoms with Crippen molar-refractivity contribution in [1.82, 2.24) is 9.88 Å². The van der Waals surface area contributed by atoms with Crippen LogP contribution >= 0.6 is 11.3 Å². The number of thiophene rings is 1. The number of carbonyl (C=O) groups is 2. The smallest absolute Gasteiger partial charge is 0.275 e. The predicted octanol–water partition coefficient (Wildman–Crippen LogP) is 4.49. The topological polar surface area (TPSA) is 54.3 Å². The van der Waals surface area contributed by atoms with E-state index >= 15 is 0 Å². The molecule has 0 spiro atoms. The second kappa shape index (κ2) is 6.73. The molecule has 1 saturated carbocycles. The van der Waals surface area contributed by atoms with Crippen LogP contribution in [0.3, 0.4) is 0 Å². The van der Waals surface area contributed by atoms with Gasteiger partial charge in [-0.25, -0.2) is 0 Å². The summed E-state index contributed by atoms with van der Waals surface area (Å²) in [6, 6.07) is 12.1. The molecule has 5 rings (SSSR count). The molecule has 2 aromatic heterocycles. The number of fused-ring (bicyclic) bond motifs is 3. The van der Waals surface area contributed by atoms with E-state index in [1.54, 1.807) is 16.2 Å². The summed E-state index contributed by atoms with van der Waals surface area (Å²) >= 11 is 1.62. The Morgan fingerprint density at radius 1 is 1.17 bits per heavy atom. The molecule has 0 bridgehead atoms. The molecule has 6 heteroatoms. The molecule has 0 saturated heterocycles. The van der Waals surface area contributed by atoms with E-state index in [0.717, 1.165) is 47.2 Å². The first-order valence-electron chi connectivity index (χ1n) is 10.3. The summed E-state index contributed by atoms with van der Waals surface area (Å²) in [6.45, 7) is 4.37. The number of nitrogens with zero attached hydrogens (tertiary/aromatic N) is 2. The number of rotatable bonds is 3. The Balaban J connectivity index is 1.62. The lowest BCUT2D eigenvalue weighted by atomic mass is 9.93. The molecule has 1 aromatic carbocycles. The number of aryl methyl sites for hydroxylation is 1. The lowest BCUT2D eigenvalue weighted by Crippen LogP contribution is -2.65. The molecule has 0 unspecified atom stereocenters. The molecule has 2 amide bonds. The van der Waals surface area contributed by atoms with Gasteiger partial charge in [-0.15, -0.1) is 11.3 Å².